The van der Waals surface area contributed by atoms with Crippen LogP contribution in [0.4, 0.5) is 24.7 Å². The van der Waals surface area contributed by atoms with Crippen molar-refractivity contribution in [3.8, 4) is 5.69 Å². The van der Waals surface area contributed by atoms with Crippen molar-refractivity contribution < 1.29 is 22.9 Å². The fourth-order valence-electron chi connectivity index (χ4n) is 2.30. The molecule has 1 N–H and O–H groups in total. The summed E-state index contributed by atoms with van der Waals surface area (Å²) >= 11 is 0. The van der Waals surface area contributed by atoms with Crippen LogP contribution in [0.25, 0.3) is 5.69 Å². The Kier molecular flexibility index (Phi) is 4.62. The lowest BCUT2D eigenvalue weighted by molar-refractivity contribution is -0.389. The number of nitrogens with one attached hydrogen (secondary N) is 1. The molecule has 1 aromatic carbocycles. The summed E-state index contributed by atoms with van der Waals surface area (Å²) in [7, 11) is 0. The van der Waals surface area contributed by atoms with Gasteiger partial charge in [0.2, 0.25) is 5.91 Å². The van der Waals surface area contributed by atoms with Crippen molar-refractivity contribution in [1.29, 1.82) is 0 Å². The van der Waals surface area contributed by atoms with Gasteiger partial charge in [-0.1, -0.05) is 0 Å². The Hall–Kier alpha value is -3.70. The second-order valence-electron chi connectivity index (χ2n) is 5.36. The van der Waals surface area contributed by atoms with E-state index in [1.165, 1.54) is 29.3 Å². The predicted octanol–water partition coefficient (Wildman–Crippen LogP) is 2.63. The third kappa shape index (κ3) is 4.11. The van der Waals surface area contributed by atoms with Crippen LogP contribution >= 0.6 is 0 Å². The van der Waals surface area contributed by atoms with Crippen molar-refractivity contribution >= 4 is 17.4 Å². The molecule has 0 fully saturated rings. The quantitative estimate of drug-likeness (QED) is 0.541. The van der Waals surface area contributed by atoms with Crippen LogP contribution in [-0.2, 0) is 17.5 Å². The molecule has 0 aliphatic carbocycles. The Bertz CT molecular complexity index is 981. The molecule has 140 valence electrons. The van der Waals surface area contributed by atoms with Crippen LogP contribution in [0.1, 0.15) is 5.56 Å². The third-order valence-corrected chi connectivity index (χ3v) is 3.47. The second kappa shape index (κ2) is 6.90. The van der Waals surface area contributed by atoms with Crippen LogP contribution in [0.15, 0.2) is 48.9 Å². The number of nitro groups is 1. The molecular formula is C15H11F3N6O3. The minimum Gasteiger partial charge on any atom is -0.358 e. The van der Waals surface area contributed by atoms with E-state index in [9.17, 15) is 28.1 Å². The molecule has 0 saturated carbocycles. The van der Waals surface area contributed by atoms with Gasteiger partial charge >= 0.3 is 12.0 Å². The highest BCUT2D eigenvalue weighted by atomic mass is 19.4. The topological polar surface area (TPSA) is 108 Å². The number of halogens is 3. The first-order valence-electron chi connectivity index (χ1n) is 7.43. The van der Waals surface area contributed by atoms with Gasteiger partial charge in [0.1, 0.15) is 6.54 Å². The molecule has 0 radical (unpaired) electrons. The van der Waals surface area contributed by atoms with Crippen LogP contribution in [0.5, 0.6) is 0 Å². The highest BCUT2D eigenvalue weighted by Gasteiger charge is 2.31. The number of hydrogen-bond donors (Lipinski definition) is 1. The lowest BCUT2D eigenvalue weighted by Crippen LogP contribution is -2.21. The Morgan fingerprint density at radius 2 is 2.04 bits per heavy atom. The summed E-state index contributed by atoms with van der Waals surface area (Å²) in [5.41, 5.74) is -0.823. The van der Waals surface area contributed by atoms with E-state index in [0.717, 1.165) is 22.9 Å². The standard InChI is InChI=1S/C15H11F3N6O3/c16-15(17,18)10-2-3-12(23-6-1-5-19-23)11(8-10)20-14(25)9-22-7-4-13(21-22)24(26)27/h1-8H,9H2,(H,20,25). The molecule has 27 heavy (non-hydrogen) atoms. The molecule has 0 atom stereocenters. The number of benzene rings is 1. The zero-order chi connectivity index (χ0) is 19.6. The maximum Gasteiger partial charge on any atom is 0.416 e. The van der Waals surface area contributed by atoms with Gasteiger partial charge in [0, 0.05) is 12.4 Å². The van der Waals surface area contributed by atoms with Crippen molar-refractivity contribution in [2.24, 2.45) is 0 Å². The normalized spacial score (nSPS) is 11.4. The fraction of sp³-hybridized carbons (Fsp3) is 0.133. The van der Waals surface area contributed by atoms with Crippen molar-refractivity contribution in [3.63, 3.8) is 0 Å². The fourth-order valence-corrected chi connectivity index (χ4v) is 2.30. The lowest BCUT2D eigenvalue weighted by atomic mass is 10.1. The Morgan fingerprint density at radius 3 is 2.63 bits per heavy atom. The summed E-state index contributed by atoms with van der Waals surface area (Å²) in [6.45, 7) is -0.414. The van der Waals surface area contributed by atoms with E-state index >= 15 is 0 Å². The number of aromatic nitrogens is 4. The first kappa shape index (κ1) is 18.1. The summed E-state index contributed by atoms with van der Waals surface area (Å²) < 4.78 is 41.3. The molecule has 0 bridgehead atoms. The smallest absolute Gasteiger partial charge is 0.358 e. The van der Waals surface area contributed by atoms with E-state index < -0.39 is 34.9 Å². The van der Waals surface area contributed by atoms with Gasteiger partial charge in [-0.15, -0.1) is 0 Å². The molecular weight excluding hydrogens is 369 g/mol. The van der Waals surface area contributed by atoms with Crippen LogP contribution in [0.3, 0.4) is 0 Å². The van der Waals surface area contributed by atoms with Crippen molar-refractivity contribution in [1.82, 2.24) is 19.6 Å². The molecule has 12 heteroatoms. The number of carbonyl (C=O) groups excluding carboxylic acids is 1. The van der Waals surface area contributed by atoms with Crippen molar-refractivity contribution in [2.75, 3.05) is 5.32 Å². The summed E-state index contributed by atoms with van der Waals surface area (Å²) in [5.74, 6) is -1.15. The first-order valence-corrected chi connectivity index (χ1v) is 7.43. The molecule has 2 heterocycles. The van der Waals surface area contributed by atoms with Crippen molar-refractivity contribution in [2.45, 2.75) is 12.7 Å². The van der Waals surface area contributed by atoms with Gasteiger partial charge in [-0.3, -0.25) is 4.79 Å². The summed E-state index contributed by atoms with van der Waals surface area (Å²) in [5, 5.41) is 20.5. The zero-order valence-corrected chi connectivity index (χ0v) is 13.4. The maximum absolute atomic E-state index is 13.0. The van der Waals surface area contributed by atoms with Crippen LogP contribution in [0.2, 0.25) is 0 Å². The van der Waals surface area contributed by atoms with E-state index in [0.29, 0.717) is 0 Å². The van der Waals surface area contributed by atoms with Gasteiger partial charge in [0.15, 0.2) is 0 Å². The highest BCUT2D eigenvalue weighted by Crippen LogP contribution is 2.33. The molecule has 2 aromatic heterocycles. The minimum atomic E-state index is -4.59. The molecule has 3 rings (SSSR count). The number of rotatable bonds is 5. The highest BCUT2D eigenvalue weighted by molar-refractivity contribution is 5.92. The number of anilines is 1. The molecule has 0 unspecified atom stereocenters. The number of alkyl halides is 3. The average molecular weight is 380 g/mol. The summed E-state index contributed by atoms with van der Waals surface area (Å²) in [4.78, 5) is 22.1. The van der Waals surface area contributed by atoms with Crippen molar-refractivity contribution in [3.05, 3.63) is 64.6 Å². The number of amides is 1. The lowest BCUT2D eigenvalue weighted by Gasteiger charge is -2.14. The van der Waals surface area contributed by atoms with Gasteiger partial charge in [0.05, 0.1) is 34.3 Å². The third-order valence-electron chi connectivity index (χ3n) is 3.47. The molecule has 3 aromatic rings. The second-order valence-corrected chi connectivity index (χ2v) is 5.36. The Morgan fingerprint density at radius 1 is 1.26 bits per heavy atom. The predicted molar refractivity (Wildman–Crippen MR) is 86.1 cm³/mol. The minimum absolute atomic E-state index is 0.111. The van der Waals surface area contributed by atoms with Gasteiger partial charge in [-0.25, -0.2) is 4.68 Å². The molecule has 0 spiro atoms. The van der Waals surface area contributed by atoms with Gasteiger partial charge < -0.3 is 15.4 Å². The molecule has 0 aliphatic heterocycles. The maximum atomic E-state index is 13.0. The number of nitrogens with zero attached hydrogens (tertiary/aromatic N) is 5. The van der Waals surface area contributed by atoms with Crippen LogP contribution in [0, 0.1) is 10.1 Å². The molecule has 0 saturated heterocycles. The van der Waals surface area contributed by atoms with E-state index in [4.69, 9.17) is 0 Å². The zero-order valence-electron chi connectivity index (χ0n) is 13.4. The SMILES string of the molecule is O=C(Cn1ccc([N+](=O)[O-])n1)Nc1cc(C(F)(F)F)ccc1-n1cccn1. The van der Waals surface area contributed by atoms with Gasteiger partial charge in [-0.05, 0) is 29.2 Å². The first-order chi connectivity index (χ1) is 12.7. The van der Waals surface area contributed by atoms with Gasteiger partial charge in [0.25, 0.3) is 0 Å². The average Bonchev–Trinajstić information content (AvgIpc) is 3.25. The number of hydrogen-bond acceptors (Lipinski definition) is 5. The monoisotopic (exact) mass is 380 g/mol. The van der Waals surface area contributed by atoms with E-state index in [-0.39, 0.29) is 11.4 Å². The summed E-state index contributed by atoms with van der Waals surface area (Å²) in [6.07, 6.45) is -0.426. The van der Waals surface area contributed by atoms with E-state index in [1.54, 1.807) is 6.07 Å². The van der Waals surface area contributed by atoms with Crippen LogP contribution in [-0.4, -0.2) is 30.4 Å². The number of carbonyl (C=O) groups is 1. The van der Waals surface area contributed by atoms with Crippen LogP contribution < -0.4 is 5.32 Å². The molecule has 9 nitrogen and oxygen atoms in total. The largest absolute Gasteiger partial charge is 0.416 e. The Labute approximate surface area is 149 Å². The van der Waals surface area contributed by atoms with Gasteiger partial charge in [-0.2, -0.15) is 23.0 Å². The summed E-state index contributed by atoms with van der Waals surface area (Å²) in [6, 6.07) is 5.53. The molecule has 0 aliphatic rings. The Balaban J connectivity index is 1.86. The van der Waals surface area contributed by atoms with E-state index in [1.807, 2.05) is 0 Å². The van der Waals surface area contributed by atoms with E-state index in [2.05, 4.69) is 15.5 Å². The molecule has 1 amide bonds.